The number of halogens is 3. The van der Waals surface area contributed by atoms with Crippen LogP contribution in [0.2, 0.25) is 0 Å². The number of amides is 1. The van der Waals surface area contributed by atoms with E-state index in [1.54, 1.807) is 0 Å². The highest BCUT2D eigenvalue weighted by Gasteiger charge is 2.49. The molecule has 1 aromatic heterocycles. The maximum absolute atomic E-state index is 13.7. The average Bonchev–Trinajstić information content (AvgIpc) is 3.22. The van der Waals surface area contributed by atoms with Gasteiger partial charge in [-0.3, -0.25) is 14.8 Å². The number of pyridine rings is 1. The Labute approximate surface area is 187 Å². The quantitative estimate of drug-likeness (QED) is 0.711. The van der Waals surface area contributed by atoms with Crippen LogP contribution in [0.5, 0.6) is 0 Å². The number of hydrogen-bond donors (Lipinski definition) is 2. The summed E-state index contributed by atoms with van der Waals surface area (Å²) in [6, 6.07) is 1.55. The number of nitrogens with one attached hydrogen (secondary N) is 2. The third-order valence-corrected chi connectivity index (χ3v) is 7.51. The molecule has 2 aliphatic heterocycles. The van der Waals surface area contributed by atoms with Crippen LogP contribution in [0.25, 0.3) is 0 Å². The fraction of sp³-hybridized carbons (Fsp3) is 0.739. The van der Waals surface area contributed by atoms with Crippen LogP contribution in [0.15, 0.2) is 12.3 Å². The molecule has 32 heavy (non-hydrogen) atoms. The van der Waals surface area contributed by atoms with Crippen molar-refractivity contribution in [3.8, 4) is 0 Å². The van der Waals surface area contributed by atoms with Gasteiger partial charge in [0.1, 0.15) is 5.69 Å². The van der Waals surface area contributed by atoms with Gasteiger partial charge in [-0.25, -0.2) is 5.43 Å². The molecule has 1 amide bonds. The molecule has 3 aliphatic rings. The summed E-state index contributed by atoms with van der Waals surface area (Å²) in [5.74, 6) is 0.564. The Kier molecular flexibility index (Phi) is 6.79. The molecule has 4 rings (SSSR count). The van der Waals surface area contributed by atoms with Crippen LogP contribution in [-0.2, 0) is 28.8 Å². The van der Waals surface area contributed by atoms with E-state index in [0.29, 0.717) is 29.6 Å². The summed E-state index contributed by atoms with van der Waals surface area (Å²) in [6.45, 7) is 7.07. The van der Waals surface area contributed by atoms with E-state index in [1.165, 1.54) is 11.2 Å². The van der Waals surface area contributed by atoms with Crippen molar-refractivity contribution in [1.82, 2.24) is 20.7 Å². The molecule has 0 bridgehead atoms. The SMILES string of the molecule is CC(C)[C@]1(C(=O)N2Cc3cc(C(F)(F)F)ncc3CN2)CC[C@@H](CNC2CCOCC2)C1. The van der Waals surface area contributed by atoms with Gasteiger partial charge in [0.05, 0.1) is 12.0 Å². The third kappa shape index (κ3) is 4.79. The first kappa shape index (κ1) is 23.4. The highest BCUT2D eigenvalue weighted by molar-refractivity contribution is 5.83. The minimum Gasteiger partial charge on any atom is -0.381 e. The lowest BCUT2D eigenvalue weighted by atomic mass is 9.74. The Bertz CT molecular complexity index is 826. The van der Waals surface area contributed by atoms with E-state index in [2.05, 4.69) is 29.6 Å². The van der Waals surface area contributed by atoms with Crippen molar-refractivity contribution in [2.45, 2.75) is 71.3 Å². The largest absolute Gasteiger partial charge is 0.433 e. The Balaban J connectivity index is 1.43. The van der Waals surface area contributed by atoms with E-state index in [-0.39, 0.29) is 18.4 Å². The molecular weight excluding hydrogens is 421 g/mol. The van der Waals surface area contributed by atoms with E-state index in [4.69, 9.17) is 4.74 Å². The lowest BCUT2D eigenvalue weighted by Gasteiger charge is -2.40. The monoisotopic (exact) mass is 454 g/mol. The second-order valence-electron chi connectivity index (χ2n) is 9.78. The summed E-state index contributed by atoms with van der Waals surface area (Å²) in [5, 5.41) is 5.20. The van der Waals surface area contributed by atoms with Crippen LogP contribution < -0.4 is 10.7 Å². The van der Waals surface area contributed by atoms with E-state index in [9.17, 15) is 18.0 Å². The second-order valence-corrected chi connectivity index (χ2v) is 9.78. The molecule has 178 valence electrons. The molecule has 3 heterocycles. The molecule has 0 unspecified atom stereocenters. The lowest BCUT2D eigenvalue weighted by molar-refractivity contribution is -0.150. The minimum absolute atomic E-state index is 0.00270. The molecule has 2 atom stereocenters. The van der Waals surface area contributed by atoms with E-state index in [0.717, 1.165) is 57.9 Å². The Morgan fingerprint density at radius 3 is 2.75 bits per heavy atom. The van der Waals surface area contributed by atoms with Crippen molar-refractivity contribution in [1.29, 1.82) is 0 Å². The molecule has 1 aromatic rings. The molecule has 2 N–H and O–H groups in total. The van der Waals surface area contributed by atoms with Crippen molar-refractivity contribution in [2.24, 2.45) is 17.3 Å². The van der Waals surface area contributed by atoms with Gasteiger partial charge in [-0.2, -0.15) is 13.2 Å². The van der Waals surface area contributed by atoms with Gasteiger partial charge in [-0.15, -0.1) is 0 Å². The Morgan fingerprint density at radius 1 is 1.31 bits per heavy atom. The number of ether oxygens (including phenoxy) is 1. The van der Waals surface area contributed by atoms with Gasteiger partial charge in [0.15, 0.2) is 0 Å². The van der Waals surface area contributed by atoms with Gasteiger partial charge >= 0.3 is 6.18 Å². The first-order valence-electron chi connectivity index (χ1n) is 11.6. The van der Waals surface area contributed by atoms with Crippen molar-refractivity contribution < 1.29 is 22.7 Å². The number of hydrazine groups is 1. The lowest BCUT2D eigenvalue weighted by Crippen LogP contribution is -2.53. The number of hydrogen-bond acceptors (Lipinski definition) is 5. The molecule has 6 nitrogen and oxygen atoms in total. The molecular formula is C23H33F3N4O2. The minimum atomic E-state index is -4.50. The zero-order chi connectivity index (χ0) is 22.9. The van der Waals surface area contributed by atoms with Crippen molar-refractivity contribution >= 4 is 5.91 Å². The van der Waals surface area contributed by atoms with E-state index < -0.39 is 17.3 Å². The third-order valence-electron chi connectivity index (χ3n) is 7.51. The number of aromatic nitrogens is 1. The van der Waals surface area contributed by atoms with Crippen molar-refractivity contribution in [3.05, 3.63) is 29.1 Å². The molecule has 1 aliphatic carbocycles. The molecule has 2 fully saturated rings. The molecule has 0 spiro atoms. The van der Waals surface area contributed by atoms with Crippen LogP contribution in [0.4, 0.5) is 13.2 Å². The Morgan fingerprint density at radius 2 is 2.06 bits per heavy atom. The van der Waals surface area contributed by atoms with Crippen LogP contribution >= 0.6 is 0 Å². The zero-order valence-electron chi connectivity index (χ0n) is 18.8. The smallest absolute Gasteiger partial charge is 0.381 e. The van der Waals surface area contributed by atoms with Gasteiger partial charge in [-0.05, 0) is 67.7 Å². The molecule has 9 heteroatoms. The van der Waals surface area contributed by atoms with E-state index in [1.807, 2.05) is 0 Å². The molecule has 0 aromatic carbocycles. The predicted molar refractivity (Wildman–Crippen MR) is 113 cm³/mol. The summed E-state index contributed by atoms with van der Waals surface area (Å²) in [4.78, 5) is 17.2. The normalized spacial score (nSPS) is 27.1. The summed E-state index contributed by atoms with van der Waals surface area (Å²) in [5.41, 5.74) is 2.92. The van der Waals surface area contributed by atoms with Crippen LogP contribution in [0.1, 0.15) is 62.8 Å². The second kappa shape index (κ2) is 9.27. The fourth-order valence-electron chi connectivity index (χ4n) is 5.36. The maximum atomic E-state index is 13.7. The molecule has 1 saturated heterocycles. The summed E-state index contributed by atoms with van der Waals surface area (Å²) in [6.07, 6.45) is 1.39. The maximum Gasteiger partial charge on any atom is 0.433 e. The number of rotatable bonds is 5. The number of fused-ring (bicyclic) bond motifs is 1. The average molecular weight is 455 g/mol. The van der Waals surface area contributed by atoms with Crippen LogP contribution in [0.3, 0.4) is 0 Å². The fourth-order valence-corrected chi connectivity index (χ4v) is 5.36. The highest BCUT2D eigenvalue weighted by Crippen LogP contribution is 2.48. The first-order chi connectivity index (χ1) is 15.2. The van der Waals surface area contributed by atoms with Gasteiger partial charge in [0.2, 0.25) is 5.91 Å². The first-order valence-corrected chi connectivity index (χ1v) is 11.6. The van der Waals surface area contributed by atoms with Crippen LogP contribution in [-0.4, -0.2) is 41.7 Å². The Hall–Kier alpha value is -1.71. The molecule has 1 saturated carbocycles. The number of carbonyl (C=O) groups excluding carboxylic acids is 1. The molecule has 0 radical (unpaired) electrons. The van der Waals surface area contributed by atoms with Gasteiger partial charge in [0.25, 0.3) is 0 Å². The number of carbonyl (C=O) groups is 1. The summed E-state index contributed by atoms with van der Waals surface area (Å²) in [7, 11) is 0. The highest BCUT2D eigenvalue weighted by atomic mass is 19.4. The van der Waals surface area contributed by atoms with Gasteiger partial charge in [0, 0.05) is 32.0 Å². The number of alkyl halides is 3. The van der Waals surface area contributed by atoms with E-state index >= 15 is 0 Å². The van der Waals surface area contributed by atoms with Crippen molar-refractivity contribution in [2.75, 3.05) is 19.8 Å². The standard InChI is InChI=1S/C23H33F3N4O2/c1-15(2)22(6-3-16(10-22)11-27-19-4-7-32-8-5-19)21(31)30-14-17-9-20(23(24,25)26)28-12-18(17)13-29-30/h9,12,15-16,19,27,29H,3-8,10-11,13-14H2,1-2H3/t16-,22+/m1/s1. The summed E-state index contributed by atoms with van der Waals surface area (Å²) >= 11 is 0. The predicted octanol–water partition coefficient (Wildman–Crippen LogP) is 3.66. The van der Waals surface area contributed by atoms with Gasteiger partial charge in [-0.1, -0.05) is 13.8 Å². The zero-order valence-corrected chi connectivity index (χ0v) is 18.8. The van der Waals surface area contributed by atoms with Crippen molar-refractivity contribution in [3.63, 3.8) is 0 Å². The summed E-state index contributed by atoms with van der Waals surface area (Å²) < 4.78 is 44.7. The van der Waals surface area contributed by atoms with Crippen LogP contribution in [0, 0.1) is 17.3 Å². The number of nitrogens with zero attached hydrogens (tertiary/aromatic N) is 2. The topological polar surface area (TPSA) is 66.5 Å². The van der Waals surface area contributed by atoms with Gasteiger partial charge < -0.3 is 10.1 Å².